The second kappa shape index (κ2) is 13.5. The van der Waals surface area contributed by atoms with Crippen LogP contribution in [0.3, 0.4) is 0 Å². The van der Waals surface area contributed by atoms with E-state index in [-0.39, 0.29) is 18.5 Å². The third kappa shape index (κ3) is 7.69. The highest BCUT2D eigenvalue weighted by Crippen LogP contribution is 2.37. The molecule has 2 aliphatic rings. The van der Waals surface area contributed by atoms with Crippen LogP contribution in [0.5, 0.6) is 11.5 Å². The van der Waals surface area contributed by atoms with Crippen LogP contribution >= 0.6 is 23.2 Å². The summed E-state index contributed by atoms with van der Waals surface area (Å²) < 4.78 is 17.3. The normalized spacial score (nSPS) is 15.2. The number of rotatable bonds is 9. The number of benzene rings is 3. The lowest BCUT2D eigenvalue weighted by Crippen LogP contribution is -2.44. The molecule has 1 fully saturated rings. The molecule has 0 unspecified atom stereocenters. The Balaban J connectivity index is 1.47. The summed E-state index contributed by atoms with van der Waals surface area (Å²) in [7, 11) is 1.64. The molecule has 9 heteroatoms. The maximum atomic E-state index is 14.5. The van der Waals surface area contributed by atoms with Gasteiger partial charge in [-0.25, -0.2) is 4.79 Å². The predicted octanol–water partition coefficient (Wildman–Crippen LogP) is 8.17. The molecule has 1 aliphatic carbocycles. The molecule has 0 bridgehead atoms. The Bertz CT molecular complexity index is 1560. The van der Waals surface area contributed by atoms with Gasteiger partial charge in [0, 0.05) is 30.3 Å². The first-order valence-corrected chi connectivity index (χ1v) is 15.6. The van der Waals surface area contributed by atoms with E-state index in [9.17, 15) is 9.59 Å². The number of amides is 2. The van der Waals surface area contributed by atoms with Gasteiger partial charge < -0.3 is 24.0 Å². The van der Waals surface area contributed by atoms with Gasteiger partial charge in [0.1, 0.15) is 23.7 Å². The molecule has 3 aromatic rings. The summed E-state index contributed by atoms with van der Waals surface area (Å²) in [4.78, 5) is 31.1. The molecule has 0 N–H and O–H groups in total. The molecule has 0 atom stereocenters. The zero-order chi connectivity index (χ0) is 31.4. The van der Waals surface area contributed by atoms with Crippen LogP contribution in [-0.2, 0) is 22.7 Å². The van der Waals surface area contributed by atoms with E-state index in [1.807, 2.05) is 86.3 Å². The van der Waals surface area contributed by atoms with Gasteiger partial charge in [0.15, 0.2) is 0 Å². The number of carbonyl (C=O) groups excluding carboxylic acids is 2. The minimum Gasteiger partial charge on any atom is -0.496 e. The fourth-order valence-corrected chi connectivity index (χ4v) is 5.68. The van der Waals surface area contributed by atoms with Crippen molar-refractivity contribution >= 4 is 40.8 Å². The summed E-state index contributed by atoms with van der Waals surface area (Å²) in [5, 5.41) is 0.895. The minimum atomic E-state index is -0.651. The molecular weight excluding hydrogens is 599 g/mol. The molecule has 44 heavy (non-hydrogen) atoms. The lowest BCUT2D eigenvalue weighted by molar-refractivity contribution is -0.128. The van der Waals surface area contributed by atoms with Crippen molar-refractivity contribution in [2.75, 3.05) is 20.2 Å². The maximum Gasteiger partial charge on any atom is 0.410 e. The lowest BCUT2D eigenvalue weighted by Gasteiger charge is -2.34. The predicted molar refractivity (Wildman–Crippen MR) is 173 cm³/mol. The summed E-state index contributed by atoms with van der Waals surface area (Å²) in [5.74, 6) is 1.31. The number of ether oxygens (including phenoxy) is 3. The van der Waals surface area contributed by atoms with Crippen LogP contribution in [-0.4, -0.2) is 53.6 Å². The molecule has 232 valence electrons. The van der Waals surface area contributed by atoms with Crippen LogP contribution < -0.4 is 9.47 Å². The summed E-state index contributed by atoms with van der Waals surface area (Å²) in [5.41, 5.74) is 3.40. The average Bonchev–Trinajstić information content (AvgIpc) is 3.85. The highest BCUT2D eigenvalue weighted by molar-refractivity contribution is 6.42. The summed E-state index contributed by atoms with van der Waals surface area (Å²) in [6, 6.07) is 21.1. The van der Waals surface area contributed by atoms with Crippen molar-refractivity contribution in [3.63, 3.8) is 0 Å². The average molecular weight is 638 g/mol. The van der Waals surface area contributed by atoms with E-state index in [4.69, 9.17) is 37.4 Å². The Morgan fingerprint density at radius 2 is 1.70 bits per heavy atom. The number of halogens is 2. The lowest BCUT2D eigenvalue weighted by atomic mass is 9.92. The minimum absolute atomic E-state index is 0.0960. The first-order valence-electron chi connectivity index (χ1n) is 14.8. The van der Waals surface area contributed by atoms with Crippen LogP contribution in [0.2, 0.25) is 10.0 Å². The molecular formula is C35H38Cl2N2O5. The van der Waals surface area contributed by atoms with E-state index < -0.39 is 11.7 Å². The number of carbonyl (C=O) groups is 2. The van der Waals surface area contributed by atoms with Crippen LogP contribution in [0.15, 0.2) is 72.3 Å². The summed E-state index contributed by atoms with van der Waals surface area (Å²) in [6.45, 7) is 6.74. The summed E-state index contributed by atoms with van der Waals surface area (Å²) >= 11 is 12.8. The van der Waals surface area contributed by atoms with Gasteiger partial charge in [-0.2, -0.15) is 0 Å². The van der Waals surface area contributed by atoms with Crippen molar-refractivity contribution in [1.29, 1.82) is 0 Å². The number of para-hydroxylation sites is 1. The van der Waals surface area contributed by atoms with Crippen molar-refractivity contribution in [3.8, 4) is 11.5 Å². The molecule has 5 rings (SSSR count). The quantitative estimate of drug-likeness (QED) is 0.237. The Hall–Kier alpha value is -3.68. The van der Waals surface area contributed by atoms with Crippen LogP contribution in [0.4, 0.5) is 4.79 Å². The van der Waals surface area contributed by atoms with Crippen LogP contribution in [0.25, 0.3) is 5.57 Å². The third-order valence-electron chi connectivity index (χ3n) is 7.64. The highest BCUT2D eigenvalue weighted by Gasteiger charge is 2.38. The number of hydrogen-bond donors (Lipinski definition) is 0. The SMILES string of the molecule is COc1ccccc1COc1cccc(C2=C(C(=O)N(Cc3cccc(Cl)c3Cl)C3CC3)CN(C(=O)OC(C)(C)C)CC2)c1. The first-order chi connectivity index (χ1) is 21.0. The van der Waals surface area contributed by atoms with Crippen LogP contribution in [0, 0.1) is 0 Å². The Kier molecular flexibility index (Phi) is 9.76. The van der Waals surface area contributed by atoms with Crippen LogP contribution in [0.1, 0.15) is 56.7 Å². The molecule has 3 aromatic carbocycles. The van der Waals surface area contributed by atoms with E-state index >= 15 is 0 Å². The van der Waals surface area contributed by atoms with Crippen molar-refractivity contribution in [1.82, 2.24) is 9.80 Å². The Morgan fingerprint density at radius 1 is 0.977 bits per heavy atom. The monoisotopic (exact) mass is 636 g/mol. The van der Waals surface area contributed by atoms with E-state index in [0.29, 0.717) is 47.5 Å². The van der Waals surface area contributed by atoms with Gasteiger partial charge in [0.2, 0.25) is 0 Å². The second-order valence-corrected chi connectivity index (χ2v) is 12.9. The first kappa shape index (κ1) is 31.7. The van der Waals surface area contributed by atoms with Gasteiger partial charge >= 0.3 is 6.09 Å². The smallest absolute Gasteiger partial charge is 0.410 e. The van der Waals surface area contributed by atoms with Crippen molar-refractivity contribution in [2.24, 2.45) is 0 Å². The van der Waals surface area contributed by atoms with Gasteiger partial charge in [-0.3, -0.25) is 4.79 Å². The van der Waals surface area contributed by atoms with Crippen molar-refractivity contribution < 1.29 is 23.8 Å². The van der Waals surface area contributed by atoms with E-state index in [0.717, 1.165) is 40.9 Å². The molecule has 0 radical (unpaired) electrons. The maximum absolute atomic E-state index is 14.5. The molecule has 0 aromatic heterocycles. The van der Waals surface area contributed by atoms with Crippen molar-refractivity contribution in [3.05, 3.63) is 99.0 Å². The van der Waals surface area contributed by atoms with E-state index in [1.54, 1.807) is 18.1 Å². The van der Waals surface area contributed by atoms with Gasteiger partial charge in [-0.1, -0.05) is 65.7 Å². The van der Waals surface area contributed by atoms with Gasteiger partial charge in [0.25, 0.3) is 5.91 Å². The topological polar surface area (TPSA) is 68.3 Å². The zero-order valence-corrected chi connectivity index (χ0v) is 27.1. The summed E-state index contributed by atoms with van der Waals surface area (Å²) in [6.07, 6.45) is 1.88. The molecule has 1 aliphatic heterocycles. The van der Waals surface area contributed by atoms with Gasteiger partial charge in [0.05, 0.1) is 23.7 Å². The molecule has 7 nitrogen and oxygen atoms in total. The largest absolute Gasteiger partial charge is 0.496 e. The fourth-order valence-electron chi connectivity index (χ4n) is 5.30. The standard InChI is InChI=1S/C35H38Cl2N2O5/c1-35(2,3)44-34(41)38-18-17-28(23-10-7-12-27(19-23)43-22-25-9-5-6-14-31(25)42-4)29(21-38)33(40)39(26-15-16-26)20-24-11-8-13-30(36)32(24)37/h5-14,19,26H,15-18,20-22H2,1-4H3. The Morgan fingerprint density at radius 3 is 2.43 bits per heavy atom. The Labute approximate surface area is 269 Å². The third-order valence-corrected chi connectivity index (χ3v) is 8.50. The van der Waals surface area contributed by atoms with E-state index in [2.05, 4.69) is 0 Å². The molecule has 1 heterocycles. The fraction of sp³-hybridized carbons (Fsp3) is 0.371. The molecule has 2 amide bonds. The van der Waals surface area contributed by atoms with Gasteiger partial charge in [-0.05, 0) is 81.0 Å². The number of hydrogen-bond acceptors (Lipinski definition) is 5. The van der Waals surface area contributed by atoms with Crippen molar-refractivity contribution in [2.45, 2.75) is 64.8 Å². The molecule has 0 saturated heterocycles. The highest BCUT2D eigenvalue weighted by atomic mass is 35.5. The van der Waals surface area contributed by atoms with E-state index in [1.165, 1.54) is 0 Å². The molecule has 1 saturated carbocycles. The second-order valence-electron chi connectivity index (χ2n) is 12.1. The zero-order valence-electron chi connectivity index (χ0n) is 25.6. The number of methoxy groups -OCH3 is 1. The number of nitrogens with zero attached hydrogens (tertiary/aromatic N) is 2. The van der Waals surface area contributed by atoms with Gasteiger partial charge in [-0.15, -0.1) is 0 Å². The molecule has 0 spiro atoms.